The maximum absolute atomic E-state index is 13.2. The fraction of sp³-hybridized carbons (Fsp3) is 0.522. The summed E-state index contributed by atoms with van der Waals surface area (Å²) in [6.45, 7) is 7.61. The molecule has 2 aromatic rings. The molecule has 156 valence electrons. The maximum atomic E-state index is 13.2. The first-order valence-corrected chi connectivity index (χ1v) is 10.9. The van der Waals surface area contributed by atoms with Crippen LogP contribution in [0.3, 0.4) is 0 Å². The van der Waals surface area contributed by atoms with Crippen molar-refractivity contribution in [2.45, 2.75) is 72.3 Å². The molecule has 6 heteroatoms. The summed E-state index contributed by atoms with van der Waals surface area (Å²) in [5.41, 5.74) is 4.39. The first kappa shape index (κ1) is 21.1. The molecule has 2 N–H and O–H groups in total. The summed E-state index contributed by atoms with van der Waals surface area (Å²) >= 11 is 0. The number of para-hydroxylation sites is 1. The average molecular weight is 397 g/mol. The zero-order chi connectivity index (χ0) is 20.8. The molecule has 2 amide bonds. The molecule has 3 rings (SSSR count). The van der Waals surface area contributed by atoms with Crippen molar-refractivity contribution in [3.05, 3.63) is 46.5 Å². The molecular weight excluding hydrogens is 364 g/mol. The number of unbranched alkanes of at least 4 members (excludes halogenated alkanes) is 1. The predicted octanol–water partition coefficient (Wildman–Crippen LogP) is 4.13. The number of nitrogens with zero attached hydrogens (tertiary/aromatic N) is 2. The molecule has 1 aromatic heterocycles. The second-order valence-electron chi connectivity index (χ2n) is 7.56. The maximum Gasteiger partial charge on any atom is 0.291 e. The van der Waals surface area contributed by atoms with Gasteiger partial charge in [0.15, 0.2) is 5.82 Å². The summed E-state index contributed by atoms with van der Waals surface area (Å²) in [6, 6.07) is 6.12. The van der Waals surface area contributed by atoms with Crippen molar-refractivity contribution in [3.8, 4) is 0 Å². The number of hydrogen-bond donors (Lipinski definition) is 2. The number of benzene rings is 1. The van der Waals surface area contributed by atoms with Gasteiger partial charge in [0.25, 0.3) is 11.8 Å². The lowest BCUT2D eigenvalue weighted by Crippen LogP contribution is -2.26. The van der Waals surface area contributed by atoms with Crippen LogP contribution in [0.4, 0.5) is 5.69 Å². The van der Waals surface area contributed by atoms with E-state index in [-0.39, 0.29) is 11.8 Å². The van der Waals surface area contributed by atoms with E-state index < -0.39 is 0 Å². The SMILES string of the molecule is CCCCNC(=O)c1nc(C(=O)Nc2c(CC)cccc2CC)n2c1CCCC2. The Labute approximate surface area is 173 Å². The van der Waals surface area contributed by atoms with Gasteiger partial charge in [-0.1, -0.05) is 45.4 Å². The van der Waals surface area contributed by atoms with Crippen LogP contribution in [0, 0.1) is 0 Å². The summed E-state index contributed by atoms with van der Waals surface area (Å²) in [6.07, 6.45) is 6.42. The molecule has 0 saturated heterocycles. The Bertz CT molecular complexity index is 863. The molecule has 1 aliphatic rings. The van der Waals surface area contributed by atoms with Crippen LogP contribution in [0.25, 0.3) is 0 Å². The van der Waals surface area contributed by atoms with Gasteiger partial charge in [-0.15, -0.1) is 0 Å². The molecule has 1 aliphatic heterocycles. The van der Waals surface area contributed by atoms with Crippen molar-refractivity contribution in [2.24, 2.45) is 0 Å². The molecule has 0 fully saturated rings. The van der Waals surface area contributed by atoms with Gasteiger partial charge in [0.1, 0.15) is 5.69 Å². The number of aromatic nitrogens is 2. The summed E-state index contributed by atoms with van der Waals surface area (Å²) in [4.78, 5) is 30.4. The second kappa shape index (κ2) is 9.72. The summed E-state index contributed by atoms with van der Waals surface area (Å²) in [7, 11) is 0. The summed E-state index contributed by atoms with van der Waals surface area (Å²) in [5, 5.41) is 6.04. The van der Waals surface area contributed by atoms with Gasteiger partial charge in [-0.3, -0.25) is 9.59 Å². The zero-order valence-corrected chi connectivity index (χ0v) is 17.8. The van der Waals surface area contributed by atoms with Gasteiger partial charge >= 0.3 is 0 Å². The van der Waals surface area contributed by atoms with Crippen molar-refractivity contribution >= 4 is 17.5 Å². The number of nitrogens with one attached hydrogen (secondary N) is 2. The third-order valence-corrected chi connectivity index (χ3v) is 5.59. The number of fused-ring (bicyclic) bond motifs is 1. The fourth-order valence-corrected chi connectivity index (χ4v) is 3.93. The van der Waals surface area contributed by atoms with Crippen LogP contribution in [-0.4, -0.2) is 27.9 Å². The fourth-order valence-electron chi connectivity index (χ4n) is 3.93. The Hall–Kier alpha value is -2.63. The standard InChI is InChI=1S/C23H32N4O2/c1-4-7-14-24-22(28)20-18-13-8-9-15-27(18)21(25-20)23(29)26-19-16(5-2)11-10-12-17(19)6-3/h10-12H,4-9,13-15H2,1-3H3,(H,24,28)(H,26,29). The van der Waals surface area contributed by atoms with Gasteiger partial charge in [-0.2, -0.15) is 0 Å². The van der Waals surface area contributed by atoms with Crippen LogP contribution in [0.5, 0.6) is 0 Å². The summed E-state index contributed by atoms with van der Waals surface area (Å²) in [5.74, 6) is -0.0731. The van der Waals surface area contributed by atoms with Crippen LogP contribution < -0.4 is 10.6 Å². The third kappa shape index (κ3) is 4.52. The highest BCUT2D eigenvalue weighted by Gasteiger charge is 2.27. The number of hydrogen-bond acceptors (Lipinski definition) is 3. The highest BCUT2D eigenvalue weighted by Crippen LogP contribution is 2.25. The van der Waals surface area contributed by atoms with E-state index in [2.05, 4.69) is 36.4 Å². The lowest BCUT2D eigenvalue weighted by molar-refractivity contribution is 0.0947. The molecule has 1 aromatic carbocycles. The van der Waals surface area contributed by atoms with Crippen molar-refractivity contribution in [1.82, 2.24) is 14.9 Å². The van der Waals surface area contributed by atoms with Crippen LogP contribution in [-0.2, 0) is 25.8 Å². The minimum atomic E-state index is -0.239. The van der Waals surface area contributed by atoms with Gasteiger partial charge in [-0.05, 0) is 49.7 Å². The number of carbonyl (C=O) groups is 2. The predicted molar refractivity (Wildman–Crippen MR) is 116 cm³/mol. The molecule has 0 unspecified atom stereocenters. The van der Waals surface area contributed by atoms with Crippen molar-refractivity contribution in [1.29, 1.82) is 0 Å². The van der Waals surface area contributed by atoms with E-state index in [9.17, 15) is 9.59 Å². The molecule has 29 heavy (non-hydrogen) atoms. The van der Waals surface area contributed by atoms with Gasteiger partial charge in [-0.25, -0.2) is 4.98 Å². The minimum Gasteiger partial charge on any atom is -0.351 e. The molecule has 0 bridgehead atoms. The molecule has 2 heterocycles. The van der Waals surface area contributed by atoms with E-state index >= 15 is 0 Å². The monoisotopic (exact) mass is 396 g/mol. The van der Waals surface area contributed by atoms with Crippen molar-refractivity contribution < 1.29 is 9.59 Å². The Kier molecular flexibility index (Phi) is 7.07. The molecule has 0 aliphatic carbocycles. The first-order chi connectivity index (χ1) is 14.1. The number of imidazole rings is 1. The highest BCUT2D eigenvalue weighted by atomic mass is 16.2. The Morgan fingerprint density at radius 3 is 2.45 bits per heavy atom. The third-order valence-electron chi connectivity index (χ3n) is 5.59. The molecular formula is C23H32N4O2. The van der Waals surface area contributed by atoms with Crippen LogP contribution in [0.1, 0.15) is 84.4 Å². The number of anilines is 1. The Balaban J connectivity index is 1.91. The minimum absolute atomic E-state index is 0.175. The zero-order valence-electron chi connectivity index (χ0n) is 17.8. The van der Waals surface area contributed by atoms with Gasteiger partial charge < -0.3 is 15.2 Å². The molecule has 0 radical (unpaired) electrons. The summed E-state index contributed by atoms with van der Waals surface area (Å²) < 4.78 is 1.94. The van der Waals surface area contributed by atoms with Crippen LogP contribution >= 0.6 is 0 Å². The van der Waals surface area contributed by atoms with Crippen molar-refractivity contribution in [2.75, 3.05) is 11.9 Å². The molecule has 6 nitrogen and oxygen atoms in total. The number of carbonyl (C=O) groups excluding carboxylic acids is 2. The van der Waals surface area contributed by atoms with Crippen LogP contribution in [0.15, 0.2) is 18.2 Å². The molecule has 0 atom stereocenters. The Morgan fingerprint density at radius 2 is 1.79 bits per heavy atom. The largest absolute Gasteiger partial charge is 0.351 e. The Morgan fingerprint density at radius 1 is 1.07 bits per heavy atom. The van der Waals surface area contributed by atoms with Gasteiger partial charge in [0.05, 0.1) is 5.69 Å². The first-order valence-electron chi connectivity index (χ1n) is 10.9. The van der Waals surface area contributed by atoms with E-state index in [1.165, 1.54) is 0 Å². The quantitative estimate of drug-likeness (QED) is 0.659. The lowest BCUT2D eigenvalue weighted by atomic mass is 10.0. The van der Waals surface area contributed by atoms with E-state index in [1.54, 1.807) is 0 Å². The normalized spacial score (nSPS) is 13.1. The average Bonchev–Trinajstić information content (AvgIpc) is 3.14. The van der Waals surface area contributed by atoms with E-state index in [4.69, 9.17) is 0 Å². The molecule has 0 spiro atoms. The number of rotatable bonds is 8. The highest BCUT2D eigenvalue weighted by molar-refractivity contribution is 6.04. The van der Waals surface area contributed by atoms with E-state index in [0.29, 0.717) is 18.1 Å². The van der Waals surface area contributed by atoms with Gasteiger partial charge in [0.2, 0.25) is 0 Å². The molecule has 0 saturated carbocycles. The topological polar surface area (TPSA) is 76.0 Å². The van der Waals surface area contributed by atoms with Crippen LogP contribution in [0.2, 0.25) is 0 Å². The van der Waals surface area contributed by atoms with Gasteiger partial charge in [0, 0.05) is 18.8 Å². The smallest absolute Gasteiger partial charge is 0.291 e. The lowest BCUT2D eigenvalue weighted by Gasteiger charge is -2.18. The van der Waals surface area contributed by atoms with E-state index in [1.807, 2.05) is 22.8 Å². The number of aryl methyl sites for hydroxylation is 2. The number of amides is 2. The van der Waals surface area contributed by atoms with Crippen molar-refractivity contribution in [3.63, 3.8) is 0 Å². The van der Waals surface area contributed by atoms with E-state index in [0.717, 1.165) is 74.0 Å². The second-order valence-corrected chi connectivity index (χ2v) is 7.56.